The molecular formula is C15H18N2O5S. The zero-order valence-corrected chi connectivity index (χ0v) is 13.2. The molecule has 1 amide bonds. The summed E-state index contributed by atoms with van der Waals surface area (Å²) < 4.78 is 26.9. The predicted octanol–water partition coefficient (Wildman–Crippen LogP) is 0.722. The number of benzene rings is 1. The van der Waals surface area contributed by atoms with Crippen molar-refractivity contribution >= 4 is 21.9 Å². The molecule has 0 radical (unpaired) electrons. The number of amides is 1. The molecule has 1 aromatic carbocycles. The Labute approximate surface area is 134 Å². The number of hydrogen-bond donors (Lipinski definition) is 3. The van der Waals surface area contributed by atoms with Crippen molar-refractivity contribution in [1.82, 2.24) is 10.0 Å². The summed E-state index contributed by atoms with van der Waals surface area (Å²) >= 11 is 0. The molecule has 0 unspecified atom stereocenters. The zero-order chi connectivity index (χ0) is 16.7. The van der Waals surface area contributed by atoms with Crippen molar-refractivity contribution in [3.05, 3.63) is 29.8 Å². The molecule has 8 heteroatoms. The van der Waals surface area contributed by atoms with Crippen molar-refractivity contribution in [3.8, 4) is 0 Å². The molecule has 0 saturated heterocycles. The first-order valence-corrected chi connectivity index (χ1v) is 8.96. The van der Waals surface area contributed by atoms with Gasteiger partial charge in [-0.1, -0.05) is 6.07 Å². The van der Waals surface area contributed by atoms with Gasteiger partial charge in [0.2, 0.25) is 10.0 Å². The van der Waals surface area contributed by atoms with E-state index in [0.29, 0.717) is 25.3 Å². The van der Waals surface area contributed by atoms with Crippen LogP contribution in [0.3, 0.4) is 0 Å². The summed E-state index contributed by atoms with van der Waals surface area (Å²) in [6.45, 7) is 0.404. The lowest BCUT2D eigenvalue weighted by Crippen LogP contribution is -2.43. The van der Waals surface area contributed by atoms with E-state index in [4.69, 9.17) is 5.11 Å². The van der Waals surface area contributed by atoms with E-state index in [1.54, 1.807) is 0 Å². The van der Waals surface area contributed by atoms with E-state index in [1.807, 2.05) is 0 Å². The van der Waals surface area contributed by atoms with Gasteiger partial charge in [0.25, 0.3) is 5.91 Å². The molecule has 0 aromatic heterocycles. The highest BCUT2D eigenvalue weighted by Crippen LogP contribution is 2.35. The Morgan fingerprint density at radius 2 is 1.96 bits per heavy atom. The Balaban J connectivity index is 1.74. The Hall–Kier alpha value is -1.93. The lowest BCUT2D eigenvalue weighted by Gasteiger charge is -2.13. The smallest absolute Gasteiger partial charge is 0.329 e. The molecule has 1 aromatic rings. The third-order valence-electron chi connectivity index (χ3n) is 4.18. The number of sulfonamides is 1. The van der Waals surface area contributed by atoms with Crippen LogP contribution in [-0.2, 0) is 14.8 Å². The van der Waals surface area contributed by atoms with Crippen LogP contribution >= 0.6 is 0 Å². The number of carboxylic acids is 1. The molecule has 3 N–H and O–H groups in total. The lowest BCUT2D eigenvalue weighted by atomic mass is 10.2. The minimum absolute atomic E-state index is 0.00553. The van der Waals surface area contributed by atoms with Gasteiger partial charge in [0.15, 0.2) is 0 Å². The van der Waals surface area contributed by atoms with Crippen LogP contribution in [0.2, 0.25) is 0 Å². The third kappa shape index (κ3) is 3.53. The van der Waals surface area contributed by atoms with Crippen LogP contribution in [0.5, 0.6) is 0 Å². The molecule has 124 valence electrons. The van der Waals surface area contributed by atoms with Crippen LogP contribution in [0.4, 0.5) is 0 Å². The highest BCUT2D eigenvalue weighted by molar-refractivity contribution is 7.89. The molecule has 0 bridgehead atoms. The van der Waals surface area contributed by atoms with Gasteiger partial charge in [-0.2, -0.15) is 0 Å². The molecule has 0 heterocycles. The van der Waals surface area contributed by atoms with Gasteiger partial charge >= 0.3 is 5.97 Å². The number of hydrogen-bond acceptors (Lipinski definition) is 4. The van der Waals surface area contributed by atoms with Crippen LogP contribution in [0, 0.1) is 5.92 Å². The zero-order valence-electron chi connectivity index (χ0n) is 12.4. The van der Waals surface area contributed by atoms with Crippen LogP contribution < -0.4 is 10.0 Å². The Morgan fingerprint density at radius 3 is 2.52 bits per heavy atom. The standard InChI is InChI=1S/C15H18N2O5S/c18-13(17-15(6-7-15)14(19)20)11-2-1-3-12(8-11)23(21,22)16-9-10-4-5-10/h1-3,8,10,16H,4-7,9H2,(H,17,18)(H,19,20). The fourth-order valence-electron chi connectivity index (χ4n) is 2.24. The van der Waals surface area contributed by atoms with Gasteiger partial charge in [-0.3, -0.25) is 4.79 Å². The second-order valence-corrected chi connectivity index (χ2v) is 7.93. The average Bonchev–Trinajstić information content (AvgIpc) is 3.40. The van der Waals surface area contributed by atoms with Gasteiger partial charge in [0, 0.05) is 12.1 Å². The molecule has 0 atom stereocenters. The second-order valence-electron chi connectivity index (χ2n) is 6.16. The lowest BCUT2D eigenvalue weighted by molar-refractivity contribution is -0.140. The van der Waals surface area contributed by atoms with E-state index in [1.165, 1.54) is 24.3 Å². The predicted molar refractivity (Wildman–Crippen MR) is 81.4 cm³/mol. The Morgan fingerprint density at radius 1 is 1.26 bits per heavy atom. The quantitative estimate of drug-likeness (QED) is 0.678. The van der Waals surface area contributed by atoms with Gasteiger partial charge in [-0.15, -0.1) is 0 Å². The number of carbonyl (C=O) groups is 2. The molecule has 23 heavy (non-hydrogen) atoms. The Bertz CT molecular complexity index is 751. The largest absolute Gasteiger partial charge is 0.480 e. The van der Waals surface area contributed by atoms with Crippen molar-refractivity contribution in [2.45, 2.75) is 36.1 Å². The van der Waals surface area contributed by atoms with Crippen molar-refractivity contribution in [3.63, 3.8) is 0 Å². The minimum Gasteiger partial charge on any atom is -0.480 e. The van der Waals surface area contributed by atoms with E-state index in [-0.39, 0.29) is 10.5 Å². The summed E-state index contributed by atoms with van der Waals surface area (Å²) in [5, 5.41) is 11.6. The fraction of sp³-hybridized carbons (Fsp3) is 0.467. The number of carbonyl (C=O) groups excluding carboxylic acids is 1. The van der Waals surface area contributed by atoms with E-state index in [0.717, 1.165) is 12.8 Å². The highest BCUT2D eigenvalue weighted by Gasteiger charge is 2.51. The summed E-state index contributed by atoms with van der Waals surface area (Å²) in [7, 11) is -3.66. The van der Waals surface area contributed by atoms with Crippen molar-refractivity contribution < 1.29 is 23.1 Å². The van der Waals surface area contributed by atoms with E-state index in [9.17, 15) is 18.0 Å². The first-order valence-electron chi connectivity index (χ1n) is 7.48. The van der Waals surface area contributed by atoms with Gasteiger partial charge in [0.05, 0.1) is 4.90 Å². The monoisotopic (exact) mass is 338 g/mol. The fourth-order valence-corrected chi connectivity index (χ4v) is 3.41. The molecule has 0 aliphatic heterocycles. The maximum atomic E-state index is 12.2. The first kappa shape index (κ1) is 15.9. The van der Waals surface area contributed by atoms with E-state index >= 15 is 0 Å². The van der Waals surface area contributed by atoms with Gasteiger partial charge in [-0.05, 0) is 49.8 Å². The van der Waals surface area contributed by atoms with Crippen LogP contribution in [-0.4, -0.2) is 37.5 Å². The first-order chi connectivity index (χ1) is 10.8. The summed E-state index contributed by atoms with van der Waals surface area (Å²) in [4.78, 5) is 23.3. The SMILES string of the molecule is O=C(NC1(C(=O)O)CC1)c1cccc(S(=O)(=O)NCC2CC2)c1. The topological polar surface area (TPSA) is 113 Å². The van der Waals surface area contributed by atoms with Gasteiger partial charge in [0.1, 0.15) is 5.54 Å². The summed E-state index contributed by atoms with van der Waals surface area (Å²) in [6, 6.07) is 5.62. The number of nitrogens with one attached hydrogen (secondary N) is 2. The maximum Gasteiger partial charge on any atom is 0.329 e. The van der Waals surface area contributed by atoms with Gasteiger partial charge in [-0.25, -0.2) is 17.9 Å². The van der Waals surface area contributed by atoms with Crippen LogP contribution in [0.15, 0.2) is 29.2 Å². The summed E-state index contributed by atoms with van der Waals surface area (Å²) in [5.41, 5.74) is -1.07. The van der Waals surface area contributed by atoms with Crippen LogP contribution in [0.1, 0.15) is 36.0 Å². The summed E-state index contributed by atoms with van der Waals surface area (Å²) in [6.07, 6.45) is 2.83. The second kappa shape index (κ2) is 5.61. The van der Waals surface area contributed by atoms with Gasteiger partial charge < -0.3 is 10.4 Å². The Kier molecular flexibility index (Phi) is 3.89. The molecule has 2 fully saturated rings. The molecule has 0 spiro atoms. The van der Waals surface area contributed by atoms with Crippen LogP contribution in [0.25, 0.3) is 0 Å². The number of rotatable bonds is 7. The molecule has 3 rings (SSSR count). The molecule has 2 aliphatic carbocycles. The number of carboxylic acid groups (broad SMARTS) is 1. The minimum atomic E-state index is -3.66. The van der Waals surface area contributed by atoms with Crippen molar-refractivity contribution in [2.24, 2.45) is 5.92 Å². The molecule has 2 saturated carbocycles. The third-order valence-corrected chi connectivity index (χ3v) is 5.60. The molecule has 2 aliphatic rings. The normalized spacial score (nSPS) is 19.1. The van der Waals surface area contributed by atoms with Crippen molar-refractivity contribution in [1.29, 1.82) is 0 Å². The highest BCUT2D eigenvalue weighted by atomic mass is 32.2. The van der Waals surface area contributed by atoms with Crippen molar-refractivity contribution in [2.75, 3.05) is 6.54 Å². The summed E-state index contributed by atoms with van der Waals surface area (Å²) in [5.74, 6) is -1.24. The number of aliphatic carboxylic acids is 1. The maximum absolute atomic E-state index is 12.2. The van der Waals surface area contributed by atoms with E-state index in [2.05, 4.69) is 10.0 Å². The average molecular weight is 338 g/mol. The van der Waals surface area contributed by atoms with E-state index < -0.39 is 27.4 Å². The molecule has 7 nitrogen and oxygen atoms in total. The molecular weight excluding hydrogens is 320 g/mol.